The van der Waals surface area contributed by atoms with Crippen LogP contribution in [0.3, 0.4) is 0 Å². The van der Waals surface area contributed by atoms with Crippen molar-refractivity contribution in [3.05, 3.63) is 64.6 Å². The van der Waals surface area contributed by atoms with Gasteiger partial charge in [-0.3, -0.25) is 0 Å². The number of anilines is 2. The number of halogens is 1. The van der Waals surface area contributed by atoms with Crippen molar-refractivity contribution in [3.63, 3.8) is 0 Å². The van der Waals surface area contributed by atoms with Gasteiger partial charge in [0.1, 0.15) is 5.82 Å². The van der Waals surface area contributed by atoms with E-state index in [9.17, 15) is 4.39 Å². The van der Waals surface area contributed by atoms with E-state index >= 15 is 0 Å². The Bertz CT molecular complexity index is 642. The maximum atomic E-state index is 13.5. The van der Waals surface area contributed by atoms with Crippen LogP contribution in [0, 0.1) is 47.1 Å². The standard InChI is InChI=1S/C20H23FN2/c1-13-8-14(2)19(15(3)9-13)22-6-7-23(12-22)20-16(4)10-18(21)11-17(20)5/h8-11H,6-7H2,1-5H3. The SMILES string of the molecule is Cc1cc(C)c(N2[C]N(c3c(C)cc(F)cc3C)CC2)c(C)c1. The summed E-state index contributed by atoms with van der Waals surface area (Å²) in [4.78, 5) is 4.30. The lowest BCUT2D eigenvalue weighted by Crippen LogP contribution is -2.21. The van der Waals surface area contributed by atoms with E-state index < -0.39 is 0 Å². The van der Waals surface area contributed by atoms with Gasteiger partial charge >= 0.3 is 0 Å². The summed E-state index contributed by atoms with van der Waals surface area (Å²) in [6.45, 7) is 15.6. The first kappa shape index (κ1) is 15.9. The van der Waals surface area contributed by atoms with E-state index in [0.29, 0.717) is 0 Å². The number of hydrogen-bond acceptors (Lipinski definition) is 2. The molecule has 2 aromatic carbocycles. The maximum Gasteiger partial charge on any atom is 0.208 e. The van der Waals surface area contributed by atoms with Crippen molar-refractivity contribution < 1.29 is 4.39 Å². The lowest BCUT2D eigenvalue weighted by atomic mass is 10.0. The van der Waals surface area contributed by atoms with Crippen molar-refractivity contribution in [1.29, 1.82) is 0 Å². The molecule has 1 fully saturated rings. The van der Waals surface area contributed by atoms with Gasteiger partial charge in [0.25, 0.3) is 0 Å². The molecule has 2 radical (unpaired) electrons. The second kappa shape index (κ2) is 5.88. The van der Waals surface area contributed by atoms with Gasteiger partial charge in [0.05, 0.1) is 0 Å². The zero-order valence-corrected chi connectivity index (χ0v) is 14.5. The lowest BCUT2D eigenvalue weighted by Gasteiger charge is -2.24. The molecule has 0 aliphatic carbocycles. The first-order valence-electron chi connectivity index (χ1n) is 8.03. The molecule has 0 atom stereocenters. The highest BCUT2D eigenvalue weighted by molar-refractivity contribution is 5.68. The molecule has 1 aliphatic heterocycles. The maximum absolute atomic E-state index is 13.5. The van der Waals surface area contributed by atoms with E-state index in [-0.39, 0.29) is 5.82 Å². The minimum absolute atomic E-state index is 0.176. The van der Waals surface area contributed by atoms with Crippen LogP contribution in [0.15, 0.2) is 24.3 Å². The van der Waals surface area contributed by atoms with E-state index in [0.717, 1.165) is 29.9 Å². The Morgan fingerprint density at radius 2 is 1.13 bits per heavy atom. The molecule has 0 aromatic heterocycles. The molecular weight excluding hydrogens is 287 g/mol. The minimum atomic E-state index is -0.176. The summed E-state index contributed by atoms with van der Waals surface area (Å²) in [6.07, 6.45) is 0. The molecule has 0 saturated carbocycles. The fourth-order valence-electron chi connectivity index (χ4n) is 3.70. The Kier molecular flexibility index (Phi) is 4.05. The van der Waals surface area contributed by atoms with Gasteiger partial charge in [-0.05, 0) is 69.0 Å². The molecule has 1 heterocycles. The third kappa shape index (κ3) is 2.92. The van der Waals surface area contributed by atoms with Crippen molar-refractivity contribution in [3.8, 4) is 0 Å². The van der Waals surface area contributed by atoms with Gasteiger partial charge < -0.3 is 9.80 Å². The first-order chi connectivity index (χ1) is 10.9. The van der Waals surface area contributed by atoms with E-state index in [1.807, 2.05) is 13.8 Å². The van der Waals surface area contributed by atoms with Gasteiger partial charge in [0, 0.05) is 24.5 Å². The predicted molar refractivity (Wildman–Crippen MR) is 94.5 cm³/mol. The Labute approximate surface area is 138 Å². The fourth-order valence-corrected chi connectivity index (χ4v) is 3.70. The van der Waals surface area contributed by atoms with Gasteiger partial charge in [-0.1, -0.05) is 17.7 Å². The van der Waals surface area contributed by atoms with Gasteiger partial charge in [-0.25, -0.2) is 4.39 Å². The van der Waals surface area contributed by atoms with Crippen LogP contribution in [0.1, 0.15) is 27.8 Å². The molecule has 0 unspecified atom stereocenters. The van der Waals surface area contributed by atoms with Gasteiger partial charge in [0.15, 0.2) is 0 Å². The van der Waals surface area contributed by atoms with Crippen LogP contribution in [0.2, 0.25) is 0 Å². The van der Waals surface area contributed by atoms with Crippen LogP contribution in [0.4, 0.5) is 15.8 Å². The third-order valence-electron chi connectivity index (χ3n) is 4.42. The first-order valence-corrected chi connectivity index (χ1v) is 8.03. The van der Waals surface area contributed by atoms with Gasteiger partial charge in [0.2, 0.25) is 6.67 Å². The minimum Gasteiger partial charge on any atom is -0.339 e. The van der Waals surface area contributed by atoms with Crippen molar-refractivity contribution in [2.75, 3.05) is 22.9 Å². The molecule has 120 valence electrons. The largest absolute Gasteiger partial charge is 0.339 e. The summed E-state index contributed by atoms with van der Waals surface area (Å²) in [6, 6.07) is 7.60. The number of hydrogen-bond donors (Lipinski definition) is 0. The Balaban J connectivity index is 1.91. The second-order valence-electron chi connectivity index (χ2n) is 6.54. The molecule has 1 aliphatic rings. The van der Waals surface area contributed by atoms with Crippen molar-refractivity contribution in [1.82, 2.24) is 0 Å². The molecular formula is C20H23FN2. The summed E-state index contributed by atoms with van der Waals surface area (Å²) in [5.74, 6) is -0.176. The summed E-state index contributed by atoms with van der Waals surface area (Å²) >= 11 is 0. The fraction of sp³-hybridized carbons (Fsp3) is 0.350. The Hall–Kier alpha value is -2.03. The quantitative estimate of drug-likeness (QED) is 0.794. The zero-order valence-electron chi connectivity index (χ0n) is 14.5. The summed E-state index contributed by atoms with van der Waals surface area (Å²) in [7, 11) is 0. The molecule has 2 aromatic rings. The van der Waals surface area contributed by atoms with Gasteiger partial charge in [-0.15, -0.1) is 0 Å². The van der Waals surface area contributed by atoms with Crippen LogP contribution in [0.5, 0.6) is 0 Å². The lowest BCUT2D eigenvalue weighted by molar-refractivity contribution is 0.625. The van der Waals surface area contributed by atoms with Crippen LogP contribution >= 0.6 is 0 Å². The van der Waals surface area contributed by atoms with Crippen molar-refractivity contribution in [2.45, 2.75) is 34.6 Å². The molecule has 3 rings (SSSR count). The Morgan fingerprint density at radius 3 is 1.57 bits per heavy atom. The number of aryl methyl sites for hydroxylation is 5. The molecule has 0 spiro atoms. The highest BCUT2D eigenvalue weighted by Gasteiger charge is 2.27. The highest BCUT2D eigenvalue weighted by atomic mass is 19.1. The van der Waals surface area contributed by atoms with Crippen LogP contribution < -0.4 is 9.80 Å². The molecule has 0 amide bonds. The molecule has 23 heavy (non-hydrogen) atoms. The summed E-state index contributed by atoms with van der Waals surface area (Å²) < 4.78 is 13.5. The molecule has 3 heteroatoms. The van der Waals surface area contributed by atoms with Crippen molar-refractivity contribution in [2.24, 2.45) is 0 Å². The second-order valence-corrected chi connectivity index (χ2v) is 6.54. The van der Waals surface area contributed by atoms with Crippen molar-refractivity contribution >= 4 is 11.4 Å². The monoisotopic (exact) mass is 310 g/mol. The van der Waals surface area contributed by atoms with E-state index in [4.69, 9.17) is 0 Å². The summed E-state index contributed by atoms with van der Waals surface area (Å²) in [5.41, 5.74) is 8.02. The molecule has 0 N–H and O–H groups in total. The topological polar surface area (TPSA) is 6.48 Å². The predicted octanol–water partition coefficient (Wildman–Crippen LogP) is 4.69. The normalized spacial score (nSPS) is 14.7. The van der Waals surface area contributed by atoms with Crippen LogP contribution in [0.25, 0.3) is 0 Å². The zero-order chi connectivity index (χ0) is 16.7. The van der Waals surface area contributed by atoms with E-state index in [1.54, 1.807) is 12.1 Å². The molecule has 0 bridgehead atoms. The summed E-state index contributed by atoms with van der Waals surface area (Å²) in [5, 5.41) is 0. The average Bonchev–Trinajstić information content (AvgIpc) is 2.85. The van der Waals surface area contributed by atoms with E-state index in [1.165, 1.54) is 22.4 Å². The van der Waals surface area contributed by atoms with Gasteiger partial charge in [-0.2, -0.15) is 0 Å². The average molecular weight is 310 g/mol. The molecule has 1 saturated heterocycles. The Morgan fingerprint density at radius 1 is 0.739 bits per heavy atom. The third-order valence-corrected chi connectivity index (χ3v) is 4.42. The number of rotatable bonds is 2. The van der Waals surface area contributed by atoms with Crippen LogP contribution in [-0.2, 0) is 0 Å². The number of benzene rings is 2. The number of nitrogens with zero attached hydrogens (tertiary/aromatic N) is 2. The van der Waals surface area contributed by atoms with Crippen LogP contribution in [-0.4, -0.2) is 13.1 Å². The molecule has 2 nitrogen and oxygen atoms in total. The highest BCUT2D eigenvalue weighted by Crippen LogP contribution is 2.34. The van der Waals surface area contributed by atoms with E-state index in [2.05, 4.69) is 49.4 Å². The smallest absolute Gasteiger partial charge is 0.208 e.